The van der Waals surface area contributed by atoms with Crippen molar-refractivity contribution in [3.05, 3.63) is 0 Å². The number of hydrogen-bond acceptors (Lipinski definition) is 5. The predicted molar refractivity (Wildman–Crippen MR) is 83.4 cm³/mol. The Kier molecular flexibility index (Phi) is 5.65. The highest BCUT2D eigenvalue weighted by molar-refractivity contribution is 5.89. The summed E-state index contributed by atoms with van der Waals surface area (Å²) in [5, 5.41) is 0. The highest BCUT2D eigenvalue weighted by atomic mass is 16.5. The molecule has 0 N–H and O–H groups in total. The molecule has 2 fully saturated rings. The molecule has 1 saturated carbocycles. The summed E-state index contributed by atoms with van der Waals surface area (Å²) in [5.41, 5.74) is 0. The van der Waals surface area contributed by atoms with Gasteiger partial charge in [-0.3, -0.25) is 9.59 Å². The Labute approximate surface area is 137 Å². The minimum atomic E-state index is -0.486. The van der Waals surface area contributed by atoms with Gasteiger partial charge in [0.15, 0.2) is 0 Å². The molecule has 6 heteroatoms. The van der Waals surface area contributed by atoms with Gasteiger partial charge >= 0.3 is 11.9 Å². The van der Waals surface area contributed by atoms with E-state index in [0.717, 1.165) is 19.3 Å². The number of amides is 1. The van der Waals surface area contributed by atoms with Crippen molar-refractivity contribution in [3.8, 4) is 0 Å². The van der Waals surface area contributed by atoms with Crippen molar-refractivity contribution in [2.75, 3.05) is 13.7 Å². The van der Waals surface area contributed by atoms with E-state index in [9.17, 15) is 14.4 Å². The smallest absolute Gasteiger partial charge is 0.329 e. The molecule has 1 saturated heterocycles. The fraction of sp³-hybridized carbons (Fsp3) is 0.824. The third kappa shape index (κ3) is 3.51. The van der Waals surface area contributed by atoms with Gasteiger partial charge in [-0.25, -0.2) is 4.79 Å². The molecule has 23 heavy (non-hydrogen) atoms. The summed E-state index contributed by atoms with van der Waals surface area (Å²) < 4.78 is 9.89. The van der Waals surface area contributed by atoms with Gasteiger partial charge in [-0.15, -0.1) is 0 Å². The van der Waals surface area contributed by atoms with E-state index in [1.54, 1.807) is 11.8 Å². The van der Waals surface area contributed by atoms with Crippen LogP contribution in [0.3, 0.4) is 0 Å². The number of esters is 2. The normalized spacial score (nSPS) is 27.2. The van der Waals surface area contributed by atoms with Gasteiger partial charge in [-0.1, -0.05) is 13.8 Å². The Morgan fingerprint density at radius 1 is 1.22 bits per heavy atom. The van der Waals surface area contributed by atoms with Gasteiger partial charge < -0.3 is 14.4 Å². The fourth-order valence-corrected chi connectivity index (χ4v) is 3.90. The molecule has 0 radical (unpaired) electrons. The molecule has 1 amide bonds. The van der Waals surface area contributed by atoms with Gasteiger partial charge in [0, 0.05) is 6.04 Å². The fourth-order valence-electron chi connectivity index (χ4n) is 3.90. The van der Waals surface area contributed by atoms with Crippen LogP contribution in [0.25, 0.3) is 0 Å². The quantitative estimate of drug-likeness (QED) is 0.696. The Morgan fingerprint density at radius 3 is 2.48 bits per heavy atom. The first-order valence-corrected chi connectivity index (χ1v) is 8.46. The summed E-state index contributed by atoms with van der Waals surface area (Å²) in [5.74, 6) is -1.09. The van der Waals surface area contributed by atoms with Crippen LogP contribution in [0.4, 0.5) is 0 Å². The molecular formula is C17H27NO5. The van der Waals surface area contributed by atoms with Crippen LogP contribution in [0.5, 0.6) is 0 Å². The summed E-state index contributed by atoms with van der Waals surface area (Å²) in [6, 6.07) is -0.388. The molecule has 1 aliphatic heterocycles. The van der Waals surface area contributed by atoms with Crippen LogP contribution in [0.2, 0.25) is 0 Å². The average Bonchev–Trinajstić information content (AvgIpc) is 3.12. The molecule has 6 nitrogen and oxygen atoms in total. The maximum absolute atomic E-state index is 13.1. The first kappa shape index (κ1) is 17.8. The maximum atomic E-state index is 13.1. The largest absolute Gasteiger partial charge is 0.469 e. The zero-order valence-electron chi connectivity index (χ0n) is 14.4. The van der Waals surface area contributed by atoms with E-state index < -0.39 is 17.9 Å². The van der Waals surface area contributed by atoms with Crippen molar-refractivity contribution in [1.82, 2.24) is 4.90 Å². The molecule has 2 unspecified atom stereocenters. The predicted octanol–water partition coefficient (Wildman–Crippen LogP) is 1.76. The maximum Gasteiger partial charge on any atom is 0.329 e. The number of fused-ring (bicyclic) bond motifs is 2. The summed E-state index contributed by atoms with van der Waals surface area (Å²) in [6.07, 6.45) is 2.80. The third-order valence-corrected chi connectivity index (χ3v) is 5.10. The van der Waals surface area contributed by atoms with E-state index in [-0.39, 0.29) is 36.2 Å². The first-order chi connectivity index (χ1) is 10.9. The summed E-state index contributed by atoms with van der Waals surface area (Å²) in [7, 11) is 1.32. The second-order valence-corrected chi connectivity index (χ2v) is 6.80. The molecular weight excluding hydrogens is 298 g/mol. The molecule has 1 aliphatic carbocycles. The topological polar surface area (TPSA) is 72.9 Å². The molecule has 2 aliphatic rings. The summed E-state index contributed by atoms with van der Waals surface area (Å²) >= 11 is 0. The van der Waals surface area contributed by atoms with Crippen molar-refractivity contribution >= 4 is 17.8 Å². The highest BCUT2D eigenvalue weighted by Gasteiger charge is 2.53. The zero-order chi connectivity index (χ0) is 17.1. The molecule has 4 atom stereocenters. The van der Waals surface area contributed by atoms with Crippen molar-refractivity contribution in [3.63, 3.8) is 0 Å². The van der Waals surface area contributed by atoms with Crippen molar-refractivity contribution in [1.29, 1.82) is 0 Å². The number of likely N-dealkylation sites (tertiary alicyclic amines) is 1. The lowest BCUT2D eigenvalue weighted by Crippen LogP contribution is -2.52. The minimum Gasteiger partial charge on any atom is -0.469 e. The van der Waals surface area contributed by atoms with Crippen molar-refractivity contribution in [2.24, 2.45) is 17.8 Å². The second kappa shape index (κ2) is 7.32. The number of ether oxygens (including phenoxy) is 2. The van der Waals surface area contributed by atoms with E-state index in [2.05, 4.69) is 0 Å². The lowest BCUT2D eigenvalue weighted by molar-refractivity contribution is -0.160. The Morgan fingerprint density at radius 2 is 1.91 bits per heavy atom. The van der Waals surface area contributed by atoms with Crippen LogP contribution >= 0.6 is 0 Å². The molecule has 0 aromatic heterocycles. The molecule has 2 bridgehead atoms. The van der Waals surface area contributed by atoms with Crippen LogP contribution in [0.1, 0.15) is 46.5 Å². The van der Waals surface area contributed by atoms with Crippen LogP contribution in [-0.4, -0.2) is 48.5 Å². The molecule has 0 aromatic carbocycles. The Hall–Kier alpha value is -1.59. The van der Waals surface area contributed by atoms with Crippen LogP contribution in [0, 0.1) is 17.8 Å². The molecule has 2 rings (SSSR count). The summed E-state index contributed by atoms with van der Waals surface area (Å²) in [4.78, 5) is 38.7. The van der Waals surface area contributed by atoms with Crippen LogP contribution < -0.4 is 0 Å². The number of hydrogen-bond donors (Lipinski definition) is 0. The van der Waals surface area contributed by atoms with Gasteiger partial charge in [0.2, 0.25) is 5.91 Å². The highest BCUT2D eigenvalue weighted by Crippen LogP contribution is 2.44. The Balaban J connectivity index is 2.20. The standard InChI is InChI=1S/C17H27NO5/c1-5-23-17(21)15-11-6-7-12(8-11)18(15)16(20)13(10(2)3)9-14(19)22-4/h10-13,15H,5-9H2,1-4H3/t11?,12?,13-,15-/m0/s1. The number of rotatable bonds is 6. The van der Waals surface area contributed by atoms with Crippen LogP contribution in [-0.2, 0) is 23.9 Å². The van der Waals surface area contributed by atoms with Crippen molar-refractivity contribution < 1.29 is 23.9 Å². The molecule has 0 spiro atoms. The first-order valence-electron chi connectivity index (χ1n) is 8.46. The van der Waals surface area contributed by atoms with E-state index in [0.29, 0.717) is 6.61 Å². The third-order valence-electron chi connectivity index (χ3n) is 5.10. The second-order valence-electron chi connectivity index (χ2n) is 6.80. The van der Waals surface area contributed by atoms with E-state index in [4.69, 9.17) is 9.47 Å². The van der Waals surface area contributed by atoms with Gasteiger partial charge in [0.1, 0.15) is 6.04 Å². The molecule has 1 heterocycles. The summed E-state index contributed by atoms with van der Waals surface area (Å²) in [6.45, 7) is 5.91. The number of piperidine rings is 1. The van der Waals surface area contributed by atoms with Crippen LogP contribution in [0.15, 0.2) is 0 Å². The SMILES string of the molecule is CCOC(=O)[C@@H]1C2CCC(C2)N1C(=O)[C@@H](CC(=O)OC)C(C)C. The van der Waals surface area contributed by atoms with Gasteiger partial charge in [-0.2, -0.15) is 0 Å². The van der Waals surface area contributed by atoms with Gasteiger partial charge in [0.25, 0.3) is 0 Å². The minimum absolute atomic E-state index is 0.00331. The number of carbonyl (C=O) groups is 3. The Bertz CT molecular complexity index is 476. The van der Waals surface area contributed by atoms with E-state index in [1.807, 2.05) is 13.8 Å². The lowest BCUT2D eigenvalue weighted by Gasteiger charge is -2.36. The number of nitrogens with zero attached hydrogens (tertiary/aromatic N) is 1. The molecule has 0 aromatic rings. The zero-order valence-corrected chi connectivity index (χ0v) is 14.4. The monoisotopic (exact) mass is 325 g/mol. The number of methoxy groups -OCH3 is 1. The van der Waals surface area contributed by atoms with E-state index in [1.165, 1.54) is 7.11 Å². The number of carbonyl (C=O) groups excluding carboxylic acids is 3. The van der Waals surface area contributed by atoms with E-state index >= 15 is 0 Å². The van der Waals surface area contributed by atoms with Gasteiger partial charge in [-0.05, 0) is 38.0 Å². The van der Waals surface area contributed by atoms with Gasteiger partial charge in [0.05, 0.1) is 26.1 Å². The average molecular weight is 325 g/mol. The van der Waals surface area contributed by atoms with Crippen molar-refractivity contribution in [2.45, 2.75) is 58.5 Å². The molecule has 130 valence electrons. The lowest BCUT2D eigenvalue weighted by atomic mass is 9.89.